The van der Waals surface area contributed by atoms with Crippen molar-refractivity contribution in [2.75, 3.05) is 18.8 Å². The maximum Gasteiger partial charge on any atom is 0.407 e. The molecule has 10 heteroatoms. The van der Waals surface area contributed by atoms with Gasteiger partial charge in [0.25, 0.3) is 0 Å². The summed E-state index contributed by atoms with van der Waals surface area (Å²) in [6.07, 6.45) is 1.61. The van der Waals surface area contributed by atoms with Crippen LogP contribution in [0.2, 0.25) is 0 Å². The van der Waals surface area contributed by atoms with Gasteiger partial charge in [-0.2, -0.15) is 0 Å². The first kappa shape index (κ1) is 31.6. The summed E-state index contributed by atoms with van der Waals surface area (Å²) in [7, 11) is 0. The number of carbonyl (C=O) groups is 2. The van der Waals surface area contributed by atoms with Crippen molar-refractivity contribution in [2.24, 2.45) is 5.41 Å². The predicted molar refractivity (Wildman–Crippen MR) is 156 cm³/mol. The molecule has 0 spiro atoms. The van der Waals surface area contributed by atoms with Crippen molar-refractivity contribution in [2.45, 2.75) is 73.1 Å². The number of hydrogen-bond acceptors (Lipinski definition) is 5. The number of alkyl carbamates (subject to hydrolysis) is 1. The number of nitrogens with two attached hydrogens (primary N) is 1. The number of aromatic nitrogens is 2. The van der Waals surface area contributed by atoms with E-state index < -0.39 is 34.8 Å². The minimum atomic E-state index is -0.619. The van der Waals surface area contributed by atoms with Gasteiger partial charge >= 0.3 is 6.09 Å². The second kappa shape index (κ2) is 12.7. The summed E-state index contributed by atoms with van der Waals surface area (Å²) in [5.41, 5.74) is 6.66. The molecule has 0 radical (unpaired) electrons. The van der Waals surface area contributed by atoms with Crippen LogP contribution in [0, 0.1) is 17.0 Å². The van der Waals surface area contributed by atoms with E-state index in [1.165, 1.54) is 6.92 Å². The Bertz CT molecular complexity index is 1370. The van der Waals surface area contributed by atoms with E-state index >= 15 is 0 Å². The van der Waals surface area contributed by atoms with Gasteiger partial charge in [-0.05, 0) is 68.5 Å². The van der Waals surface area contributed by atoms with E-state index in [1.54, 1.807) is 37.9 Å². The van der Waals surface area contributed by atoms with Crippen molar-refractivity contribution in [1.82, 2.24) is 19.8 Å². The van der Waals surface area contributed by atoms with Crippen LogP contribution in [-0.4, -0.2) is 45.1 Å². The highest BCUT2D eigenvalue weighted by molar-refractivity contribution is 5.74. The molecule has 8 nitrogen and oxygen atoms in total. The van der Waals surface area contributed by atoms with Gasteiger partial charge in [0, 0.05) is 44.0 Å². The number of halogens is 2. The van der Waals surface area contributed by atoms with Crippen molar-refractivity contribution in [3.63, 3.8) is 0 Å². The molecule has 1 atom stereocenters. The molecule has 0 saturated heterocycles. The largest absolute Gasteiger partial charge is 0.444 e. The average molecular weight is 570 g/mol. The minimum Gasteiger partial charge on any atom is -0.444 e. The Morgan fingerprint density at radius 2 is 1.80 bits per heavy atom. The zero-order chi connectivity index (χ0) is 30.5. The van der Waals surface area contributed by atoms with Gasteiger partial charge in [-0.3, -0.25) is 4.79 Å². The molecular formula is C31H41F2N5O3. The fourth-order valence-corrected chi connectivity index (χ4v) is 4.70. The fourth-order valence-electron chi connectivity index (χ4n) is 4.70. The average Bonchev–Trinajstić information content (AvgIpc) is 3.22. The van der Waals surface area contributed by atoms with Crippen molar-refractivity contribution in [1.29, 1.82) is 0 Å². The summed E-state index contributed by atoms with van der Waals surface area (Å²) in [5, 5.41) is 2.73. The van der Waals surface area contributed by atoms with Gasteiger partial charge in [0.1, 0.15) is 23.1 Å². The van der Waals surface area contributed by atoms with Gasteiger partial charge in [0.15, 0.2) is 0 Å². The maximum atomic E-state index is 14.8. The highest BCUT2D eigenvalue weighted by Gasteiger charge is 2.37. The van der Waals surface area contributed by atoms with E-state index in [1.807, 2.05) is 43.5 Å². The van der Waals surface area contributed by atoms with Gasteiger partial charge in [0.2, 0.25) is 5.91 Å². The molecule has 3 N–H and O–H groups in total. The quantitative estimate of drug-likeness (QED) is 0.232. The third-order valence-corrected chi connectivity index (χ3v) is 6.34. The SMILES string of the molecule is CC(=O)N(CCCNC(=O)OC(C)(C)C)C(c1nc(-c2cc(F)ccc2F)cn1Cc1cccc(N)c1)C(C)(C)C. The van der Waals surface area contributed by atoms with Crippen molar-refractivity contribution in [3.8, 4) is 11.3 Å². The lowest BCUT2D eigenvalue weighted by molar-refractivity contribution is -0.134. The van der Waals surface area contributed by atoms with Crippen LogP contribution in [0.4, 0.5) is 19.3 Å². The molecule has 3 aromatic rings. The Morgan fingerprint density at radius 1 is 1.10 bits per heavy atom. The van der Waals surface area contributed by atoms with Gasteiger partial charge in [-0.1, -0.05) is 32.9 Å². The van der Waals surface area contributed by atoms with Gasteiger partial charge in [-0.15, -0.1) is 0 Å². The number of amides is 2. The topological polar surface area (TPSA) is 102 Å². The van der Waals surface area contributed by atoms with E-state index in [4.69, 9.17) is 15.5 Å². The van der Waals surface area contributed by atoms with E-state index in [0.717, 1.165) is 23.8 Å². The van der Waals surface area contributed by atoms with Crippen LogP contribution in [-0.2, 0) is 16.1 Å². The summed E-state index contributed by atoms with van der Waals surface area (Å²) >= 11 is 0. The molecule has 2 amide bonds. The first-order chi connectivity index (χ1) is 19.0. The number of nitrogens with zero attached hydrogens (tertiary/aromatic N) is 3. The third-order valence-electron chi connectivity index (χ3n) is 6.34. The fraction of sp³-hybridized carbons (Fsp3) is 0.452. The first-order valence-corrected chi connectivity index (χ1v) is 13.7. The van der Waals surface area contributed by atoms with E-state index in [-0.39, 0.29) is 17.2 Å². The van der Waals surface area contributed by atoms with Crippen molar-refractivity contribution >= 4 is 17.7 Å². The van der Waals surface area contributed by atoms with Crippen molar-refractivity contribution in [3.05, 3.63) is 71.7 Å². The Kier molecular flexibility index (Phi) is 9.78. The second-order valence-electron chi connectivity index (χ2n) is 12.2. The maximum absolute atomic E-state index is 14.8. The number of imidazole rings is 1. The molecule has 3 rings (SSSR count). The number of ether oxygens (including phenoxy) is 1. The van der Waals surface area contributed by atoms with Crippen LogP contribution in [0.15, 0.2) is 48.7 Å². The molecule has 0 bridgehead atoms. The Balaban J connectivity index is 2.01. The summed E-state index contributed by atoms with van der Waals surface area (Å²) < 4.78 is 36.1. The molecule has 0 aliphatic rings. The lowest BCUT2D eigenvalue weighted by Crippen LogP contribution is -2.43. The zero-order valence-electron chi connectivity index (χ0n) is 24.9. The second-order valence-corrected chi connectivity index (χ2v) is 12.2. The van der Waals surface area contributed by atoms with Crippen LogP contribution >= 0.6 is 0 Å². The van der Waals surface area contributed by atoms with Gasteiger partial charge < -0.3 is 25.3 Å². The number of hydrogen-bond donors (Lipinski definition) is 2. The van der Waals surface area contributed by atoms with E-state index in [0.29, 0.717) is 37.6 Å². The number of benzene rings is 2. The van der Waals surface area contributed by atoms with Crippen LogP contribution in [0.5, 0.6) is 0 Å². The molecule has 0 saturated carbocycles. The molecule has 0 aliphatic heterocycles. The molecular weight excluding hydrogens is 528 g/mol. The predicted octanol–water partition coefficient (Wildman–Crippen LogP) is 6.31. The number of nitrogens with one attached hydrogen (secondary N) is 1. The van der Waals surface area contributed by atoms with Crippen LogP contribution < -0.4 is 11.1 Å². The Morgan fingerprint density at radius 3 is 2.41 bits per heavy atom. The lowest BCUT2D eigenvalue weighted by Gasteiger charge is -2.39. The summed E-state index contributed by atoms with van der Waals surface area (Å²) in [6, 6.07) is 10.1. The first-order valence-electron chi connectivity index (χ1n) is 13.7. The normalized spacial score (nSPS) is 12.6. The molecule has 41 heavy (non-hydrogen) atoms. The molecule has 222 valence electrons. The minimum absolute atomic E-state index is 0.0289. The standard InChI is InChI=1S/C31H41F2N5O3/c1-20(39)38(15-9-14-35-29(40)41-31(5,6)7)27(30(2,3)4)28-36-26(24-17-22(32)12-13-25(24)33)19-37(28)18-21-10-8-11-23(34)16-21/h8,10-13,16-17,19,27H,9,14-15,18,34H2,1-7H3,(H,35,40). The number of rotatable bonds is 9. The number of anilines is 1. The highest BCUT2D eigenvalue weighted by Crippen LogP contribution is 2.39. The highest BCUT2D eigenvalue weighted by atomic mass is 19.1. The number of nitrogen functional groups attached to an aromatic ring is 1. The van der Waals surface area contributed by atoms with Crippen LogP contribution in [0.3, 0.4) is 0 Å². The molecule has 1 aromatic heterocycles. The Labute approximate surface area is 240 Å². The zero-order valence-corrected chi connectivity index (χ0v) is 24.9. The van der Waals surface area contributed by atoms with E-state index in [2.05, 4.69) is 5.32 Å². The van der Waals surface area contributed by atoms with Gasteiger partial charge in [-0.25, -0.2) is 18.6 Å². The van der Waals surface area contributed by atoms with Gasteiger partial charge in [0.05, 0.1) is 11.7 Å². The van der Waals surface area contributed by atoms with Crippen LogP contribution in [0.25, 0.3) is 11.3 Å². The lowest BCUT2D eigenvalue weighted by atomic mass is 9.84. The Hall–Kier alpha value is -3.95. The molecule has 0 aliphatic carbocycles. The monoisotopic (exact) mass is 569 g/mol. The van der Waals surface area contributed by atoms with E-state index in [9.17, 15) is 18.4 Å². The summed E-state index contributed by atoms with van der Waals surface area (Å²) in [6.45, 7) is 13.8. The molecule has 2 aromatic carbocycles. The number of carbonyl (C=O) groups excluding carboxylic acids is 2. The van der Waals surface area contributed by atoms with Crippen LogP contribution in [0.1, 0.15) is 72.3 Å². The molecule has 1 unspecified atom stereocenters. The summed E-state index contributed by atoms with van der Waals surface area (Å²) in [5.74, 6) is -0.841. The van der Waals surface area contributed by atoms with Crippen molar-refractivity contribution < 1.29 is 23.1 Å². The third kappa shape index (κ3) is 8.77. The smallest absolute Gasteiger partial charge is 0.407 e. The molecule has 0 fully saturated rings. The molecule has 1 heterocycles. The summed E-state index contributed by atoms with van der Waals surface area (Å²) in [4.78, 5) is 31.7.